The summed E-state index contributed by atoms with van der Waals surface area (Å²) in [6, 6.07) is 3.94. The van der Waals surface area contributed by atoms with Gasteiger partial charge in [-0.2, -0.15) is 13.2 Å². The smallest absolute Gasteiger partial charge is 0.399 e. The molecule has 3 N–H and O–H groups in total. The Morgan fingerprint density at radius 3 is 2.50 bits per heavy atom. The molecule has 2 rings (SSSR count). The molecule has 1 aromatic rings. The first kappa shape index (κ1) is 13.1. The molecular weight excluding hydrogens is 241 g/mol. The molecule has 0 radical (unpaired) electrons. The fourth-order valence-electron chi connectivity index (χ4n) is 2.23. The average molecular weight is 258 g/mol. The number of hydrogen-bond acceptors (Lipinski definition) is 2. The minimum atomic E-state index is -4.38. The quantitative estimate of drug-likeness (QED) is 0.807. The molecule has 2 nitrogen and oxygen atoms in total. The van der Waals surface area contributed by atoms with E-state index >= 15 is 0 Å². The summed E-state index contributed by atoms with van der Waals surface area (Å²) in [6.07, 6.45) is -1.03. The van der Waals surface area contributed by atoms with Gasteiger partial charge in [-0.05, 0) is 43.9 Å². The van der Waals surface area contributed by atoms with Gasteiger partial charge < -0.3 is 11.1 Å². The molecule has 1 aliphatic rings. The Morgan fingerprint density at radius 1 is 1.33 bits per heavy atom. The van der Waals surface area contributed by atoms with Crippen LogP contribution < -0.4 is 11.1 Å². The zero-order valence-electron chi connectivity index (χ0n) is 10.2. The molecule has 0 spiro atoms. The summed E-state index contributed by atoms with van der Waals surface area (Å²) in [4.78, 5) is 0. The second-order valence-corrected chi connectivity index (χ2v) is 4.93. The molecule has 0 bridgehead atoms. The van der Waals surface area contributed by atoms with Gasteiger partial charge in [-0.3, -0.25) is 0 Å². The number of nitrogens with one attached hydrogen (secondary N) is 1. The molecule has 1 atom stereocenters. The maximum atomic E-state index is 12.9. The van der Waals surface area contributed by atoms with E-state index < -0.39 is 11.7 Å². The number of hydrogen-bond donors (Lipinski definition) is 2. The van der Waals surface area contributed by atoms with Crippen molar-refractivity contribution >= 4 is 11.4 Å². The maximum absolute atomic E-state index is 12.9. The van der Waals surface area contributed by atoms with Crippen LogP contribution in [0, 0.1) is 5.92 Å². The Morgan fingerprint density at radius 2 is 2.00 bits per heavy atom. The van der Waals surface area contributed by atoms with Gasteiger partial charge in [-0.1, -0.05) is 6.42 Å². The number of nitrogen functional groups attached to an aromatic ring is 1. The van der Waals surface area contributed by atoms with E-state index in [1.807, 2.05) is 6.92 Å². The van der Waals surface area contributed by atoms with Crippen molar-refractivity contribution in [3.63, 3.8) is 0 Å². The number of halogens is 3. The minimum absolute atomic E-state index is 0.0588. The molecule has 18 heavy (non-hydrogen) atoms. The van der Waals surface area contributed by atoms with Crippen molar-refractivity contribution in [3.05, 3.63) is 23.8 Å². The SMILES string of the molecule is CC(Nc1ccc(N)cc1C(F)(F)F)C1CCC1. The molecule has 1 fully saturated rings. The summed E-state index contributed by atoms with van der Waals surface area (Å²) in [5.41, 5.74) is 4.99. The molecule has 1 aromatic carbocycles. The topological polar surface area (TPSA) is 38.0 Å². The average Bonchev–Trinajstić information content (AvgIpc) is 2.16. The molecule has 0 heterocycles. The van der Waals surface area contributed by atoms with Gasteiger partial charge in [0.15, 0.2) is 0 Å². The Bertz CT molecular complexity index is 425. The summed E-state index contributed by atoms with van der Waals surface area (Å²) < 4.78 is 38.6. The van der Waals surface area contributed by atoms with Crippen molar-refractivity contribution in [1.82, 2.24) is 0 Å². The van der Waals surface area contributed by atoms with Crippen LogP contribution in [0.5, 0.6) is 0 Å². The van der Waals surface area contributed by atoms with E-state index in [0.717, 1.165) is 18.9 Å². The Labute approximate surface area is 104 Å². The van der Waals surface area contributed by atoms with Crippen LogP contribution in [0.4, 0.5) is 24.5 Å². The zero-order valence-corrected chi connectivity index (χ0v) is 10.2. The van der Waals surface area contributed by atoms with E-state index in [-0.39, 0.29) is 17.4 Å². The van der Waals surface area contributed by atoms with E-state index in [1.54, 1.807) is 0 Å². The molecular formula is C13H17F3N2. The third-order valence-electron chi connectivity index (χ3n) is 3.59. The van der Waals surface area contributed by atoms with Crippen LogP contribution in [0.15, 0.2) is 18.2 Å². The number of nitrogens with two attached hydrogens (primary N) is 1. The number of anilines is 2. The number of rotatable bonds is 3. The highest BCUT2D eigenvalue weighted by Crippen LogP contribution is 2.38. The second kappa shape index (κ2) is 4.71. The molecule has 1 saturated carbocycles. The monoisotopic (exact) mass is 258 g/mol. The van der Waals surface area contributed by atoms with Gasteiger partial charge in [0.1, 0.15) is 0 Å². The van der Waals surface area contributed by atoms with Crippen molar-refractivity contribution in [2.24, 2.45) is 5.92 Å². The van der Waals surface area contributed by atoms with Crippen LogP contribution in [-0.2, 0) is 6.18 Å². The molecule has 5 heteroatoms. The summed E-state index contributed by atoms with van der Waals surface area (Å²) >= 11 is 0. The van der Waals surface area contributed by atoms with E-state index in [9.17, 15) is 13.2 Å². The van der Waals surface area contributed by atoms with Crippen LogP contribution in [0.25, 0.3) is 0 Å². The molecule has 100 valence electrons. The van der Waals surface area contributed by atoms with Gasteiger partial charge in [0.05, 0.1) is 5.56 Å². The van der Waals surface area contributed by atoms with Crippen molar-refractivity contribution < 1.29 is 13.2 Å². The molecule has 0 aromatic heterocycles. The number of alkyl halides is 3. The van der Waals surface area contributed by atoms with Crippen molar-refractivity contribution in [2.45, 2.75) is 38.4 Å². The normalized spacial score (nSPS) is 18.2. The van der Waals surface area contributed by atoms with Gasteiger partial charge in [-0.25, -0.2) is 0 Å². The van der Waals surface area contributed by atoms with Crippen molar-refractivity contribution in [1.29, 1.82) is 0 Å². The van der Waals surface area contributed by atoms with E-state index in [4.69, 9.17) is 5.73 Å². The Kier molecular flexibility index (Phi) is 3.41. The minimum Gasteiger partial charge on any atom is -0.399 e. The van der Waals surface area contributed by atoms with Crippen molar-refractivity contribution in [2.75, 3.05) is 11.1 Å². The van der Waals surface area contributed by atoms with Crippen LogP contribution in [0.1, 0.15) is 31.7 Å². The summed E-state index contributed by atoms with van der Waals surface area (Å²) in [5, 5.41) is 2.97. The lowest BCUT2D eigenvalue weighted by molar-refractivity contribution is -0.136. The largest absolute Gasteiger partial charge is 0.418 e. The van der Waals surface area contributed by atoms with Crippen LogP contribution in [-0.4, -0.2) is 6.04 Å². The lowest BCUT2D eigenvalue weighted by Crippen LogP contribution is -2.31. The van der Waals surface area contributed by atoms with Gasteiger partial charge in [0.25, 0.3) is 0 Å². The first-order valence-corrected chi connectivity index (χ1v) is 6.11. The molecule has 0 saturated heterocycles. The van der Waals surface area contributed by atoms with Gasteiger partial charge in [0.2, 0.25) is 0 Å². The van der Waals surface area contributed by atoms with E-state index in [0.29, 0.717) is 5.92 Å². The Hall–Kier alpha value is -1.39. The third kappa shape index (κ3) is 2.71. The first-order valence-electron chi connectivity index (χ1n) is 6.11. The highest BCUT2D eigenvalue weighted by atomic mass is 19.4. The highest BCUT2D eigenvalue weighted by Gasteiger charge is 2.34. The summed E-state index contributed by atoms with van der Waals surface area (Å²) in [5.74, 6) is 0.476. The fraction of sp³-hybridized carbons (Fsp3) is 0.538. The third-order valence-corrected chi connectivity index (χ3v) is 3.59. The summed E-state index contributed by atoms with van der Waals surface area (Å²) in [6.45, 7) is 1.93. The molecule has 0 aliphatic heterocycles. The van der Waals surface area contributed by atoms with E-state index in [2.05, 4.69) is 5.32 Å². The predicted molar refractivity (Wildman–Crippen MR) is 66.3 cm³/mol. The molecule has 0 amide bonds. The van der Waals surface area contributed by atoms with Crippen molar-refractivity contribution in [3.8, 4) is 0 Å². The number of benzene rings is 1. The zero-order chi connectivity index (χ0) is 13.3. The standard InChI is InChI=1S/C13H17F3N2/c1-8(9-3-2-4-9)18-12-6-5-10(17)7-11(12)13(14,15)16/h5-9,18H,2-4,17H2,1H3. The van der Waals surface area contributed by atoms with E-state index in [1.165, 1.54) is 18.6 Å². The van der Waals surface area contributed by atoms with Crippen LogP contribution in [0.2, 0.25) is 0 Å². The first-order chi connectivity index (χ1) is 8.38. The Balaban J connectivity index is 2.21. The summed E-state index contributed by atoms with van der Waals surface area (Å²) in [7, 11) is 0. The lowest BCUT2D eigenvalue weighted by Gasteiger charge is -2.33. The molecule has 1 unspecified atom stereocenters. The fourth-order valence-corrected chi connectivity index (χ4v) is 2.23. The van der Waals surface area contributed by atoms with Gasteiger partial charge >= 0.3 is 6.18 Å². The molecule has 1 aliphatic carbocycles. The van der Waals surface area contributed by atoms with Crippen LogP contribution in [0.3, 0.4) is 0 Å². The highest BCUT2D eigenvalue weighted by molar-refractivity contribution is 5.59. The lowest BCUT2D eigenvalue weighted by atomic mass is 9.80. The second-order valence-electron chi connectivity index (χ2n) is 4.93. The maximum Gasteiger partial charge on any atom is 0.418 e. The van der Waals surface area contributed by atoms with Gasteiger partial charge in [0, 0.05) is 17.4 Å². The van der Waals surface area contributed by atoms with Gasteiger partial charge in [-0.15, -0.1) is 0 Å². The van der Waals surface area contributed by atoms with Crippen LogP contribution >= 0.6 is 0 Å². The predicted octanol–water partition coefficient (Wildman–Crippen LogP) is 3.89.